The molecule has 1 aliphatic rings. The number of nitrogens with one attached hydrogen (secondary N) is 1. The third-order valence-electron chi connectivity index (χ3n) is 4.04. The van der Waals surface area contributed by atoms with Gasteiger partial charge >= 0.3 is 0 Å². The van der Waals surface area contributed by atoms with Gasteiger partial charge in [0.25, 0.3) is 0 Å². The molecule has 0 amide bonds. The van der Waals surface area contributed by atoms with Crippen molar-refractivity contribution in [3.05, 3.63) is 34.9 Å². The summed E-state index contributed by atoms with van der Waals surface area (Å²) in [6.45, 7) is 9.54. The van der Waals surface area contributed by atoms with Crippen LogP contribution in [0.5, 0.6) is 0 Å². The first-order valence-corrected chi connectivity index (χ1v) is 8.21. The lowest BCUT2D eigenvalue weighted by Crippen LogP contribution is -2.36. The number of benzene rings is 1. The number of rotatable bonds is 7. The van der Waals surface area contributed by atoms with Crippen LogP contribution in [-0.4, -0.2) is 37.1 Å². The van der Waals surface area contributed by atoms with Crippen LogP contribution in [0.4, 0.5) is 0 Å². The maximum Gasteiger partial charge on any atom is 0.0406 e. The molecule has 1 heterocycles. The Bertz CT molecular complexity index is 384. The summed E-state index contributed by atoms with van der Waals surface area (Å²) in [4.78, 5) is 2.59. The first-order chi connectivity index (χ1) is 9.63. The van der Waals surface area contributed by atoms with Crippen LogP contribution >= 0.6 is 11.6 Å². The third kappa shape index (κ3) is 5.43. The predicted octanol–water partition coefficient (Wildman–Crippen LogP) is 3.59. The summed E-state index contributed by atoms with van der Waals surface area (Å²) in [5.74, 6) is 0.723. The lowest BCUT2D eigenvalue weighted by atomic mass is 10.1. The molecule has 1 N–H and O–H groups in total. The van der Waals surface area contributed by atoms with E-state index in [1.165, 1.54) is 38.0 Å². The fraction of sp³-hybridized carbons (Fsp3) is 0.647. The van der Waals surface area contributed by atoms with Crippen molar-refractivity contribution in [3.8, 4) is 0 Å². The average Bonchev–Trinajstić information content (AvgIpc) is 2.92. The zero-order valence-electron chi connectivity index (χ0n) is 12.7. The highest BCUT2D eigenvalue weighted by atomic mass is 35.5. The molecule has 1 aliphatic heterocycles. The van der Waals surface area contributed by atoms with Crippen molar-refractivity contribution in [1.29, 1.82) is 0 Å². The van der Waals surface area contributed by atoms with Gasteiger partial charge in [0, 0.05) is 17.6 Å². The maximum atomic E-state index is 5.91. The molecule has 0 aromatic heterocycles. The Labute approximate surface area is 128 Å². The SMILES string of the molecule is CC(CNC(C)Cc1ccc(Cl)cc1)CN1CCCC1. The second kappa shape index (κ2) is 8.02. The molecule has 2 nitrogen and oxygen atoms in total. The number of hydrogen-bond acceptors (Lipinski definition) is 2. The summed E-state index contributed by atoms with van der Waals surface area (Å²) in [5.41, 5.74) is 1.35. The minimum Gasteiger partial charge on any atom is -0.314 e. The molecule has 2 atom stereocenters. The summed E-state index contributed by atoms with van der Waals surface area (Å²) in [7, 11) is 0. The van der Waals surface area contributed by atoms with Crippen LogP contribution in [0.2, 0.25) is 5.02 Å². The summed E-state index contributed by atoms with van der Waals surface area (Å²) in [5, 5.41) is 4.47. The van der Waals surface area contributed by atoms with Crippen molar-refractivity contribution >= 4 is 11.6 Å². The highest BCUT2D eigenvalue weighted by Gasteiger charge is 2.15. The molecule has 0 radical (unpaired) electrons. The molecule has 3 heteroatoms. The molecule has 0 aliphatic carbocycles. The van der Waals surface area contributed by atoms with E-state index in [1.807, 2.05) is 12.1 Å². The molecular formula is C17H27ClN2. The maximum absolute atomic E-state index is 5.91. The second-order valence-electron chi connectivity index (χ2n) is 6.25. The standard InChI is InChI=1S/C17H27ClN2/c1-14(13-20-9-3-4-10-20)12-19-15(2)11-16-5-7-17(18)8-6-16/h5-8,14-15,19H,3-4,9-13H2,1-2H3. The van der Waals surface area contributed by atoms with E-state index in [1.54, 1.807) is 0 Å². The summed E-state index contributed by atoms with van der Waals surface area (Å²) < 4.78 is 0. The van der Waals surface area contributed by atoms with Crippen molar-refractivity contribution in [2.24, 2.45) is 5.92 Å². The fourth-order valence-corrected chi connectivity index (χ4v) is 3.05. The van der Waals surface area contributed by atoms with E-state index in [-0.39, 0.29) is 0 Å². The van der Waals surface area contributed by atoms with E-state index in [4.69, 9.17) is 11.6 Å². The number of hydrogen-bond donors (Lipinski definition) is 1. The van der Waals surface area contributed by atoms with Crippen molar-refractivity contribution in [3.63, 3.8) is 0 Å². The number of halogens is 1. The van der Waals surface area contributed by atoms with Crippen LogP contribution in [0.1, 0.15) is 32.3 Å². The summed E-state index contributed by atoms with van der Waals surface area (Å²) >= 11 is 5.91. The van der Waals surface area contributed by atoms with E-state index in [2.05, 4.69) is 36.2 Å². The molecule has 1 aromatic rings. The molecule has 20 heavy (non-hydrogen) atoms. The molecule has 1 saturated heterocycles. The van der Waals surface area contributed by atoms with Gasteiger partial charge in [0.05, 0.1) is 0 Å². The van der Waals surface area contributed by atoms with Gasteiger partial charge in [0.1, 0.15) is 0 Å². The average molecular weight is 295 g/mol. The Morgan fingerprint density at radius 1 is 1.15 bits per heavy atom. The van der Waals surface area contributed by atoms with Gasteiger partial charge in [0.15, 0.2) is 0 Å². The van der Waals surface area contributed by atoms with Gasteiger partial charge < -0.3 is 10.2 Å². The highest BCUT2D eigenvalue weighted by Crippen LogP contribution is 2.12. The molecule has 0 bridgehead atoms. The lowest BCUT2D eigenvalue weighted by molar-refractivity contribution is 0.278. The smallest absolute Gasteiger partial charge is 0.0406 e. The molecule has 2 unspecified atom stereocenters. The van der Waals surface area contributed by atoms with Crippen LogP contribution < -0.4 is 5.32 Å². The van der Waals surface area contributed by atoms with Gasteiger partial charge in [-0.3, -0.25) is 0 Å². The van der Waals surface area contributed by atoms with Gasteiger partial charge in [-0.05, 0) is 69.4 Å². The normalized spacial score (nSPS) is 19.1. The second-order valence-corrected chi connectivity index (χ2v) is 6.69. The molecule has 1 fully saturated rings. The zero-order chi connectivity index (χ0) is 14.4. The Kier molecular flexibility index (Phi) is 6.34. The van der Waals surface area contributed by atoms with Crippen LogP contribution in [0.15, 0.2) is 24.3 Å². The van der Waals surface area contributed by atoms with Crippen molar-refractivity contribution < 1.29 is 0 Å². The van der Waals surface area contributed by atoms with E-state index in [0.717, 1.165) is 23.9 Å². The van der Waals surface area contributed by atoms with Crippen LogP contribution in [-0.2, 0) is 6.42 Å². The quantitative estimate of drug-likeness (QED) is 0.827. The molecular weight excluding hydrogens is 268 g/mol. The monoisotopic (exact) mass is 294 g/mol. The Hall–Kier alpha value is -0.570. The predicted molar refractivity (Wildman–Crippen MR) is 87.5 cm³/mol. The first kappa shape index (κ1) is 15.8. The van der Waals surface area contributed by atoms with Gasteiger partial charge in [-0.15, -0.1) is 0 Å². The fourth-order valence-electron chi connectivity index (χ4n) is 2.92. The summed E-state index contributed by atoms with van der Waals surface area (Å²) in [6, 6.07) is 8.69. The van der Waals surface area contributed by atoms with Crippen LogP contribution in [0.3, 0.4) is 0 Å². The van der Waals surface area contributed by atoms with Crippen LogP contribution in [0.25, 0.3) is 0 Å². The van der Waals surface area contributed by atoms with Crippen LogP contribution in [0, 0.1) is 5.92 Å². The van der Waals surface area contributed by atoms with E-state index >= 15 is 0 Å². The minimum absolute atomic E-state index is 0.511. The van der Waals surface area contributed by atoms with E-state index in [0.29, 0.717) is 6.04 Å². The van der Waals surface area contributed by atoms with Gasteiger partial charge in [-0.2, -0.15) is 0 Å². The number of likely N-dealkylation sites (tertiary alicyclic amines) is 1. The highest BCUT2D eigenvalue weighted by molar-refractivity contribution is 6.30. The van der Waals surface area contributed by atoms with E-state index in [9.17, 15) is 0 Å². The Morgan fingerprint density at radius 2 is 1.80 bits per heavy atom. The van der Waals surface area contributed by atoms with Gasteiger partial charge in [-0.1, -0.05) is 30.7 Å². The summed E-state index contributed by atoms with van der Waals surface area (Å²) in [6.07, 6.45) is 3.83. The van der Waals surface area contributed by atoms with Gasteiger partial charge in [-0.25, -0.2) is 0 Å². The third-order valence-corrected chi connectivity index (χ3v) is 4.29. The largest absolute Gasteiger partial charge is 0.314 e. The Balaban J connectivity index is 1.66. The number of nitrogens with zero attached hydrogens (tertiary/aromatic N) is 1. The topological polar surface area (TPSA) is 15.3 Å². The van der Waals surface area contributed by atoms with Crippen molar-refractivity contribution in [1.82, 2.24) is 10.2 Å². The van der Waals surface area contributed by atoms with E-state index < -0.39 is 0 Å². The van der Waals surface area contributed by atoms with Crippen molar-refractivity contribution in [2.45, 2.75) is 39.2 Å². The molecule has 0 spiro atoms. The van der Waals surface area contributed by atoms with Crippen molar-refractivity contribution in [2.75, 3.05) is 26.2 Å². The Morgan fingerprint density at radius 3 is 2.45 bits per heavy atom. The zero-order valence-corrected chi connectivity index (χ0v) is 13.5. The lowest BCUT2D eigenvalue weighted by Gasteiger charge is -2.22. The van der Waals surface area contributed by atoms with Gasteiger partial charge in [0.2, 0.25) is 0 Å². The molecule has 1 aromatic carbocycles. The minimum atomic E-state index is 0.511. The molecule has 112 valence electrons. The molecule has 0 saturated carbocycles. The first-order valence-electron chi connectivity index (χ1n) is 7.83. The molecule has 2 rings (SSSR count).